The summed E-state index contributed by atoms with van der Waals surface area (Å²) in [5.41, 5.74) is 1.21. The fraction of sp³-hybridized carbons (Fsp3) is 0.227. The van der Waals surface area contributed by atoms with Gasteiger partial charge in [-0.1, -0.05) is 11.6 Å². The zero-order valence-corrected chi connectivity index (χ0v) is 19.1. The van der Waals surface area contributed by atoms with Gasteiger partial charge in [0.05, 0.1) is 40.5 Å². The van der Waals surface area contributed by atoms with E-state index in [0.29, 0.717) is 12.1 Å². The van der Waals surface area contributed by atoms with Crippen LogP contribution < -0.4 is 11.1 Å². The molecule has 0 aliphatic carbocycles. The maximum Gasteiger partial charge on any atom is 0.416 e. The van der Waals surface area contributed by atoms with Crippen molar-refractivity contribution in [2.24, 2.45) is 5.73 Å². The molecule has 1 aliphatic rings. The molecule has 196 valence electrons. The molecule has 0 atom stereocenters. The van der Waals surface area contributed by atoms with Gasteiger partial charge in [-0.15, -0.1) is 0 Å². The van der Waals surface area contributed by atoms with Crippen molar-refractivity contribution in [3.05, 3.63) is 69.6 Å². The van der Waals surface area contributed by atoms with Gasteiger partial charge in [0.25, 0.3) is 5.91 Å². The van der Waals surface area contributed by atoms with Gasteiger partial charge in [0.1, 0.15) is 11.5 Å². The number of alkyl halides is 6. The fourth-order valence-corrected chi connectivity index (χ4v) is 3.99. The summed E-state index contributed by atoms with van der Waals surface area (Å²) in [5.74, 6) is -1.89. The molecular formula is C22H15ClF7N5O2. The van der Waals surface area contributed by atoms with Gasteiger partial charge in [0, 0.05) is 17.8 Å². The Bertz CT molecular complexity index is 1370. The molecule has 2 aromatic carbocycles. The number of halogens is 8. The average molecular weight is 550 g/mol. The Kier molecular flexibility index (Phi) is 6.56. The molecule has 0 bridgehead atoms. The van der Waals surface area contributed by atoms with Crippen molar-refractivity contribution < 1.29 is 40.3 Å². The number of benzene rings is 2. The van der Waals surface area contributed by atoms with Crippen LogP contribution in [0, 0.1) is 5.82 Å². The summed E-state index contributed by atoms with van der Waals surface area (Å²) in [5, 5.41) is 6.05. The highest BCUT2D eigenvalue weighted by Gasteiger charge is 2.37. The zero-order chi connectivity index (χ0) is 27.3. The standard InChI is InChI=1S/C22H15ClF7N5O2/c23-14-5-10(1-2-15(14)24)18-17(16-9-34(20(31)37)3-4-35(16)33-18)19(36)32-13-7-11(21(25,26)27)6-12(8-13)22(28,29)30/h1-2,5-8H,3-4,9H2,(H2,31,37)(H,32,36). The first-order chi connectivity index (χ1) is 17.1. The molecule has 0 saturated heterocycles. The van der Waals surface area contributed by atoms with Crippen LogP contribution in [0.4, 0.5) is 41.2 Å². The number of hydrogen-bond donors (Lipinski definition) is 2. The van der Waals surface area contributed by atoms with Crippen molar-refractivity contribution in [1.29, 1.82) is 0 Å². The number of amides is 3. The summed E-state index contributed by atoms with van der Waals surface area (Å²) in [6.07, 6.45) is -10.3. The number of nitrogens with two attached hydrogens (primary N) is 1. The molecule has 3 aromatic rings. The van der Waals surface area contributed by atoms with Crippen LogP contribution in [-0.4, -0.2) is 33.2 Å². The third-order valence-electron chi connectivity index (χ3n) is 5.56. The highest BCUT2D eigenvalue weighted by atomic mass is 35.5. The van der Waals surface area contributed by atoms with Crippen LogP contribution in [0.2, 0.25) is 5.02 Å². The molecule has 0 saturated carbocycles. The normalized spacial score (nSPS) is 13.9. The molecule has 3 amide bonds. The summed E-state index contributed by atoms with van der Waals surface area (Å²) in [4.78, 5) is 26.2. The predicted octanol–water partition coefficient (Wildman–Crippen LogP) is 5.53. The number of primary amides is 1. The Balaban J connectivity index is 1.83. The minimum atomic E-state index is -5.13. The number of rotatable bonds is 3. The van der Waals surface area contributed by atoms with Gasteiger partial charge in [-0.3, -0.25) is 9.48 Å². The molecular weight excluding hydrogens is 535 g/mol. The van der Waals surface area contributed by atoms with Crippen molar-refractivity contribution in [2.45, 2.75) is 25.4 Å². The molecule has 1 aliphatic heterocycles. The Morgan fingerprint density at radius 1 is 0.973 bits per heavy atom. The molecule has 7 nitrogen and oxygen atoms in total. The Morgan fingerprint density at radius 3 is 2.14 bits per heavy atom. The topological polar surface area (TPSA) is 93.2 Å². The van der Waals surface area contributed by atoms with Crippen LogP contribution in [-0.2, 0) is 25.4 Å². The SMILES string of the molecule is NC(=O)N1CCn2nc(-c3ccc(F)c(Cl)c3)c(C(=O)Nc3cc(C(F)(F)F)cc(C(F)(F)F)c3)c2C1. The van der Waals surface area contributed by atoms with E-state index in [4.69, 9.17) is 17.3 Å². The second-order valence-corrected chi connectivity index (χ2v) is 8.44. The number of carbonyl (C=O) groups is 2. The molecule has 0 radical (unpaired) electrons. The van der Waals surface area contributed by atoms with E-state index in [-0.39, 0.29) is 53.2 Å². The number of aromatic nitrogens is 2. The number of nitrogens with zero attached hydrogens (tertiary/aromatic N) is 3. The van der Waals surface area contributed by atoms with Gasteiger partial charge >= 0.3 is 18.4 Å². The van der Waals surface area contributed by atoms with E-state index in [0.717, 1.165) is 12.1 Å². The number of hydrogen-bond acceptors (Lipinski definition) is 3. The van der Waals surface area contributed by atoms with E-state index in [9.17, 15) is 40.3 Å². The third-order valence-corrected chi connectivity index (χ3v) is 5.85. The minimum Gasteiger partial charge on any atom is -0.351 e. The predicted molar refractivity (Wildman–Crippen MR) is 117 cm³/mol. The zero-order valence-electron chi connectivity index (χ0n) is 18.3. The van der Waals surface area contributed by atoms with E-state index in [1.165, 1.54) is 15.6 Å². The maximum absolute atomic E-state index is 13.7. The van der Waals surface area contributed by atoms with E-state index >= 15 is 0 Å². The van der Waals surface area contributed by atoms with Crippen molar-refractivity contribution in [3.63, 3.8) is 0 Å². The number of urea groups is 1. The monoisotopic (exact) mass is 549 g/mol. The Hall–Kier alpha value is -3.81. The summed E-state index contributed by atoms with van der Waals surface area (Å²) in [7, 11) is 0. The number of fused-ring (bicyclic) bond motifs is 1. The highest BCUT2D eigenvalue weighted by Crippen LogP contribution is 2.38. The smallest absolute Gasteiger partial charge is 0.351 e. The van der Waals surface area contributed by atoms with Gasteiger partial charge in [0.15, 0.2) is 0 Å². The van der Waals surface area contributed by atoms with Crippen LogP contribution in [0.1, 0.15) is 27.2 Å². The highest BCUT2D eigenvalue weighted by molar-refractivity contribution is 6.31. The van der Waals surface area contributed by atoms with Crippen LogP contribution >= 0.6 is 11.6 Å². The molecule has 0 fully saturated rings. The molecule has 1 aromatic heterocycles. The first kappa shape index (κ1) is 26.3. The summed E-state index contributed by atoms with van der Waals surface area (Å²) in [6.45, 7) is -0.0249. The summed E-state index contributed by atoms with van der Waals surface area (Å²) < 4.78 is 94.6. The van der Waals surface area contributed by atoms with Gasteiger partial charge < -0.3 is 16.0 Å². The first-order valence-corrected chi connectivity index (χ1v) is 10.7. The van der Waals surface area contributed by atoms with Gasteiger partial charge in [0.2, 0.25) is 0 Å². The van der Waals surface area contributed by atoms with Gasteiger partial charge in [-0.05, 0) is 36.4 Å². The number of carbonyl (C=O) groups excluding carboxylic acids is 2. The molecule has 4 rings (SSSR count). The molecule has 3 N–H and O–H groups in total. The first-order valence-electron chi connectivity index (χ1n) is 10.4. The number of anilines is 1. The van der Waals surface area contributed by atoms with Gasteiger partial charge in [-0.2, -0.15) is 31.4 Å². The maximum atomic E-state index is 13.7. The summed E-state index contributed by atoms with van der Waals surface area (Å²) >= 11 is 5.84. The average Bonchev–Trinajstić information content (AvgIpc) is 3.18. The molecule has 37 heavy (non-hydrogen) atoms. The summed E-state index contributed by atoms with van der Waals surface area (Å²) in [6, 6.07) is 3.20. The fourth-order valence-electron chi connectivity index (χ4n) is 3.81. The van der Waals surface area contributed by atoms with Crippen molar-refractivity contribution in [2.75, 3.05) is 11.9 Å². The Labute approximate surface area is 208 Å². The van der Waals surface area contributed by atoms with Gasteiger partial charge in [-0.25, -0.2) is 9.18 Å². The Morgan fingerprint density at radius 2 is 1.59 bits per heavy atom. The second-order valence-electron chi connectivity index (χ2n) is 8.03. The van der Waals surface area contributed by atoms with E-state index in [2.05, 4.69) is 10.4 Å². The van der Waals surface area contributed by atoms with E-state index in [1.54, 1.807) is 0 Å². The van der Waals surface area contributed by atoms with Crippen LogP contribution in [0.3, 0.4) is 0 Å². The lowest BCUT2D eigenvalue weighted by Gasteiger charge is -2.26. The third kappa shape index (κ3) is 5.33. The van der Waals surface area contributed by atoms with E-state index < -0.39 is 46.9 Å². The lowest BCUT2D eigenvalue weighted by molar-refractivity contribution is -0.143. The van der Waals surface area contributed by atoms with Crippen molar-refractivity contribution in [3.8, 4) is 11.3 Å². The largest absolute Gasteiger partial charge is 0.416 e. The van der Waals surface area contributed by atoms with Crippen LogP contribution in [0.15, 0.2) is 36.4 Å². The molecule has 0 spiro atoms. The van der Waals surface area contributed by atoms with Crippen LogP contribution in [0.25, 0.3) is 11.3 Å². The number of nitrogens with one attached hydrogen (secondary N) is 1. The van der Waals surface area contributed by atoms with Crippen molar-refractivity contribution >= 4 is 29.2 Å². The second kappa shape index (κ2) is 9.25. The molecule has 15 heteroatoms. The molecule has 0 unspecified atom stereocenters. The lowest BCUT2D eigenvalue weighted by Crippen LogP contribution is -2.42. The lowest BCUT2D eigenvalue weighted by atomic mass is 10.0. The minimum absolute atomic E-state index is 0.0753. The van der Waals surface area contributed by atoms with Crippen LogP contribution in [0.5, 0.6) is 0 Å². The van der Waals surface area contributed by atoms with Crippen molar-refractivity contribution in [1.82, 2.24) is 14.7 Å². The molecule has 2 heterocycles. The quantitative estimate of drug-likeness (QED) is 0.421. The van der Waals surface area contributed by atoms with E-state index in [1.807, 2.05) is 0 Å².